The van der Waals surface area contributed by atoms with Gasteiger partial charge in [-0.05, 0) is 87.0 Å². The number of hydrogen-bond acceptors (Lipinski definition) is 2. The highest BCUT2D eigenvalue weighted by atomic mass is 16.1. The summed E-state index contributed by atoms with van der Waals surface area (Å²) >= 11 is 0. The van der Waals surface area contributed by atoms with Crippen LogP contribution in [0.25, 0.3) is 21.8 Å². The molecule has 0 amide bonds. The lowest BCUT2D eigenvalue weighted by atomic mass is 9.89. The molecule has 4 aromatic rings. The fourth-order valence-corrected chi connectivity index (χ4v) is 5.01. The number of nitrogens with zero attached hydrogens (tertiary/aromatic N) is 2. The van der Waals surface area contributed by atoms with E-state index in [0.717, 1.165) is 43.5 Å². The van der Waals surface area contributed by atoms with E-state index < -0.39 is 0 Å². The van der Waals surface area contributed by atoms with E-state index >= 15 is 0 Å². The summed E-state index contributed by atoms with van der Waals surface area (Å²) in [6.45, 7) is 6.19. The predicted molar refractivity (Wildman–Crippen MR) is 124 cm³/mol. The highest BCUT2D eigenvalue weighted by molar-refractivity contribution is 5.83. The number of nitrogens with one attached hydrogen (secondary N) is 1. The lowest BCUT2D eigenvalue weighted by Crippen LogP contribution is -2.34. The zero-order valence-corrected chi connectivity index (χ0v) is 17.6. The summed E-state index contributed by atoms with van der Waals surface area (Å²) in [6.07, 6.45) is 5.62. The predicted octanol–water partition coefficient (Wildman–Crippen LogP) is 5.06. The number of aryl methyl sites for hydroxylation is 2. The molecule has 1 aliphatic rings. The Bertz CT molecular complexity index is 1230. The number of likely N-dealkylation sites (tertiary alicyclic amines) is 1. The average Bonchev–Trinajstić information content (AvgIpc) is 3.20. The van der Waals surface area contributed by atoms with Gasteiger partial charge in [0.2, 0.25) is 0 Å². The Balaban J connectivity index is 1.20. The molecule has 0 radical (unpaired) electrons. The summed E-state index contributed by atoms with van der Waals surface area (Å²) in [5, 5.41) is 2.52. The number of aromatic nitrogens is 2. The normalized spacial score (nSPS) is 15.9. The summed E-state index contributed by atoms with van der Waals surface area (Å²) in [7, 11) is 0. The monoisotopic (exact) mass is 399 g/mol. The third-order valence-corrected chi connectivity index (χ3v) is 6.65. The largest absolute Gasteiger partial charge is 0.361 e. The van der Waals surface area contributed by atoms with E-state index in [9.17, 15) is 4.79 Å². The Labute approximate surface area is 177 Å². The molecular formula is C26H29N3O. The summed E-state index contributed by atoms with van der Waals surface area (Å²) < 4.78 is 1.94. The molecule has 0 aliphatic carbocycles. The van der Waals surface area contributed by atoms with E-state index in [0.29, 0.717) is 5.92 Å². The van der Waals surface area contributed by atoms with Crippen LogP contribution in [0.5, 0.6) is 0 Å². The number of aromatic amines is 1. The maximum Gasteiger partial charge on any atom is 0.251 e. The van der Waals surface area contributed by atoms with Crippen molar-refractivity contribution < 1.29 is 0 Å². The minimum absolute atomic E-state index is 0.101. The van der Waals surface area contributed by atoms with Crippen LogP contribution >= 0.6 is 0 Å². The molecule has 4 heteroatoms. The van der Waals surface area contributed by atoms with Crippen LogP contribution in [-0.4, -0.2) is 34.1 Å². The second kappa shape index (κ2) is 8.11. The second-order valence-corrected chi connectivity index (χ2v) is 8.64. The molecule has 0 spiro atoms. The first-order chi connectivity index (χ1) is 14.7. The topological polar surface area (TPSA) is 41.0 Å². The summed E-state index contributed by atoms with van der Waals surface area (Å²) in [4.78, 5) is 18.4. The quantitative estimate of drug-likeness (QED) is 0.510. The first-order valence-corrected chi connectivity index (χ1v) is 11.1. The van der Waals surface area contributed by atoms with Gasteiger partial charge in [-0.2, -0.15) is 0 Å². The molecule has 1 N–H and O–H groups in total. The van der Waals surface area contributed by atoms with Gasteiger partial charge >= 0.3 is 0 Å². The van der Waals surface area contributed by atoms with Gasteiger partial charge in [-0.15, -0.1) is 0 Å². The molecule has 154 valence electrons. The van der Waals surface area contributed by atoms with Crippen LogP contribution < -0.4 is 5.56 Å². The molecule has 1 saturated heterocycles. The zero-order chi connectivity index (χ0) is 20.5. The fraction of sp³-hybridized carbons (Fsp3) is 0.346. The SMILES string of the molecule is Cc1ccc2c(ccc(=O)n2CCCN2CCC(c3c[nH]c4ccccc34)CC2)c1. The molecule has 1 aliphatic heterocycles. The summed E-state index contributed by atoms with van der Waals surface area (Å²) in [5.41, 5.74) is 5.09. The van der Waals surface area contributed by atoms with E-state index in [4.69, 9.17) is 0 Å². The smallest absolute Gasteiger partial charge is 0.251 e. The lowest BCUT2D eigenvalue weighted by molar-refractivity contribution is 0.207. The van der Waals surface area contributed by atoms with Crippen molar-refractivity contribution >= 4 is 21.8 Å². The summed E-state index contributed by atoms with van der Waals surface area (Å²) in [6, 6.07) is 18.6. The molecule has 5 rings (SSSR count). The molecule has 0 atom stereocenters. The Morgan fingerprint density at radius 1 is 1.00 bits per heavy atom. The number of pyridine rings is 1. The number of H-pyrrole nitrogens is 1. The first-order valence-electron chi connectivity index (χ1n) is 11.1. The van der Waals surface area contributed by atoms with Gasteiger partial charge in [0.15, 0.2) is 0 Å². The van der Waals surface area contributed by atoms with Gasteiger partial charge in [0.05, 0.1) is 5.52 Å². The van der Waals surface area contributed by atoms with E-state index in [2.05, 4.69) is 65.5 Å². The van der Waals surface area contributed by atoms with Gasteiger partial charge in [-0.25, -0.2) is 0 Å². The van der Waals surface area contributed by atoms with Crippen LogP contribution in [0.15, 0.2) is 65.6 Å². The van der Waals surface area contributed by atoms with Gasteiger partial charge in [-0.3, -0.25) is 4.79 Å². The molecule has 2 aromatic heterocycles. The van der Waals surface area contributed by atoms with Gasteiger partial charge in [0.25, 0.3) is 5.56 Å². The third kappa shape index (κ3) is 3.68. The van der Waals surface area contributed by atoms with E-state index in [1.807, 2.05) is 10.6 Å². The number of piperidine rings is 1. The van der Waals surface area contributed by atoms with E-state index in [1.165, 1.54) is 34.9 Å². The number of rotatable bonds is 5. The molecule has 1 fully saturated rings. The van der Waals surface area contributed by atoms with Crippen molar-refractivity contribution in [3.05, 3.63) is 82.3 Å². The Kier molecular flexibility index (Phi) is 5.17. The number of fused-ring (bicyclic) bond motifs is 2. The Morgan fingerprint density at radius 3 is 2.70 bits per heavy atom. The second-order valence-electron chi connectivity index (χ2n) is 8.64. The molecule has 4 nitrogen and oxygen atoms in total. The van der Waals surface area contributed by atoms with Gasteiger partial charge in [0, 0.05) is 29.7 Å². The van der Waals surface area contributed by atoms with Crippen LogP contribution in [0.3, 0.4) is 0 Å². The van der Waals surface area contributed by atoms with Gasteiger partial charge in [0.1, 0.15) is 0 Å². The standard InChI is InChI=1S/C26H29N3O/c1-19-7-9-25-21(17-19)8-10-26(30)29(25)14-4-13-28-15-11-20(12-16-28)23-18-27-24-6-3-2-5-22(23)24/h2-3,5-10,17-18,20,27H,4,11-16H2,1H3. The number of hydrogen-bond donors (Lipinski definition) is 1. The van der Waals surface area contributed by atoms with Gasteiger partial charge < -0.3 is 14.5 Å². The highest BCUT2D eigenvalue weighted by Crippen LogP contribution is 2.33. The van der Waals surface area contributed by atoms with Crippen molar-refractivity contribution in [2.45, 2.75) is 38.6 Å². The van der Waals surface area contributed by atoms with E-state index in [1.54, 1.807) is 6.07 Å². The lowest BCUT2D eigenvalue weighted by Gasteiger charge is -2.32. The Hall–Kier alpha value is -2.85. The fourth-order valence-electron chi connectivity index (χ4n) is 5.01. The van der Waals surface area contributed by atoms with Gasteiger partial charge in [-0.1, -0.05) is 29.8 Å². The first kappa shape index (κ1) is 19.1. The minimum Gasteiger partial charge on any atom is -0.361 e. The van der Waals surface area contributed by atoms with Crippen LogP contribution in [0, 0.1) is 6.92 Å². The highest BCUT2D eigenvalue weighted by Gasteiger charge is 2.22. The Morgan fingerprint density at radius 2 is 1.83 bits per heavy atom. The maximum atomic E-state index is 12.4. The van der Waals surface area contributed by atoms with Crippen molar-refractivity contribution in [1.29, 1.82) is 0 Å². The maximum absolute atomic E-state index is 12.4. The van der Waals surface area contributed by atoms with Crippen LogP contribution in [0.4, 0.5) is 0 Å². The van der Waals surface area contributed by atoms with Crippen LogP contribution in [0.2, 0.25) is 0 Å². The molecule has 2 aromatic carbocycles. The summed E-state index contributed by atoms with van der Waals surface area (Å²) in [5.74, 6) is 0.640. The van der Waals surface area contributed by atoms with Crippen LogP contribution in [0.1, 0.15) is 36.3 Å². The molecule has 0 saturated carbocycles. The van der Waals surface area contributed by atoms with Crippen LogP contribution in [-0.2, 0) is 6.54 Å². The van der Waals surface area contributed by atoms with Crippen molar-refractivity contribution in [1.82, 2.24) is 14.5 Å². The van der Waals surface area contributed by atoms with Crippen molar-refractivity contribution in [3.8, 4) is 0 Å². The number of para-hydroxylation sites is 1. The molecule has 0 bridgehead atoms. The van der Waals surface area contributed by atoms with Crippen molar-refractivity contribution in [2.24, 2.45) is 0 Å². The third-order valence-electron chi connectivity index (χ3n) is 6.65. The average molecular weight is 400 g/mol. The molecule has 30 heavy (non-hydrogen) atoms. The van der Waals surface area contributed by atoms with E-state index in [-0.39, 0.29) is 5.56 Å². The zero-order valence-electron chi connectivity index (χ0n) is 17.6. The van der Waals surface area contributed by atoms with Crippen molar-refractivity contribution in [3.63, 3.8) is 0 Å². The molecular weight excluding hydrogens is 370 g/mol. The molecule has 3 heterocycles. The van der Waals surface area contributed by atoms with Crippen molar-refractivity contribution in [2.75, 3.05) is 19.6 Å². The number of benzene rings is 2. The molecule has 0 unspecified atom stereocenters. The minimum atomic E-state index is 0.101.